The van der Waals surface area contributed by atoms with Gasteiger partial charge in [-0.15, -0.1) is 0 Å². The summed E-state index contributed by atoms with van der Waals surface area (Å²) in [5.41, 5.74) is 6.35. The van der Waals surface area contributed by atoms with Crippen LogP contribution in [0.25, 0.3) is 12.2 Å². The fraction of sp³-hybridized carbons (Fsp3) is 0.517. The number of hydrogen-bond acceptors (Lipinski definition) is 6. The minimum absolute atomic E-state index is 0.314. The summed E-state index contributed by atoms with van der Waals surface area (Å²) < 4.78 is 10.9. The summed E-state index contributed by atoms with van der Waals surface area (Å²) in [5.74, 6) is 0.918. The molecule has 2 aromatic rings. The zero-order chi connectivity index (χ0) is 25.5. The molecule has 35 heavy (non-hydrogen) atoms. The Morgan fingerprint density at radius 2 is 1.49 bits per heavy atom. The van der Waals surface area contributed by atoms with Gasteiger partial charge < -0.3 is 29.9 Å². The molecule has 6 heteroatoms. The largest absolute Gasteiger partial charge is 0.394 e. The second kappa shape index (κ2) is 12.8. The molecule has 3 rings (SSSR count). The summed E-state index contributed by atoms with van der Waals surface area (Å²) in [4.78, 5) is 0. The molecule has 2 aromatic carbocycles. The topological polar surface area (TPSA) is 99.4 Å². The van der Waals surface area contributed by atoms with Crippen molar-refractivity contribution in [3.8, 4) is 0 Å². The molecule has 1 heterocycles. The van der Waals surface area contributed by atoms with E-state index >= 15 is 0 Å². The lowest BCUT2D eigenvalue weighted by molar-refractivity contribution is -0.301. The molecule has 0 amide bonds. The smallest absolute Gasteiger partial charge is 0.186 e. The van der Waals surface area contributed by atoms with E-state index in [1.54, 1.807) is 0 Å². The zero-order valence-electron chi connectivity index (χ0n) is 21.2. The Balaban J connectivity index is 1.55. The molecule has 1 aliphatic rings. The Morgan fingerprint density at radius 1 is 0.857 bits per heavy atom. The number of rotatable bonds is 10. The molecule has 1 fully saturated rings. The Bertz CT molecular complexity index is 924. The summed E-state index contributed by atoms with van der Waals surface area (Å²) in [7, 11) is 0. The summed E-state index contributed by atoms with van der Waals surface area (Å²) in [6.45, 7) is 8.76. The highest BCUT2D eigenvalue weighted by atomic mass is 16.7. The van der Waals surface area contributed by atoms with Crippen molar-refractivity contribution in [2.45, 2.75) is 83.1 Å². The van der Waals surface area contributed by atoms with E-state index in [-0.39, 0.29) is 0 Å². The van der Waals surface area contributed by atoms with Gasteiger partial charge in [0.05, 0.1) is 13.2 Å². The Morgan fingerprint density at radius 3 is 2.06 bits per heavy atom. The van der Waals surface area contributed by atoms with Crippen molar-refractivity contribution >= 4 is 12.2 Å². The van der Waals surface area contributed by atoms with Crippen LogP contribution in [-0.2, 0) is 15.9 Å². The molecule has 4 N–H and O–H groups in total. The Kier molecular flexibility index (Phi) is 10.0. The highest BCUT2D eigenvalue weighted by Gasteiger charge is 2.43. The molecule has 1 aliphatic heterocycles. The third-order valence-electron chi connectivity index (χ3n) is 6.58. The minimum Gasteiger partial charge on any atom is -0.394 e. The van der Waals surface area contributed by atoms with Gasteiger partial charge in [0.15, 0.2) is 6.29 Å². The summed E-state index contributed by atoms with van der Waals surface area (Å²) in [6.07, 6.45) is -0.318. The van der Waals surface area contributed by atoms with Gasteiger partial charge >= 0.3 is 0 Å². The standard InChI is InChI=1S/C29H40O6/c1-18(2)22-8-5-9-23(19(3)4)24(22)15-14-21-12-10-20(11-13-21)7-6-16-34-29-28(33)27(32)26(31)25(17-30)35-29/h5,8-15,18-19,25-33H,6-7,16-17H2,1-4H3/b15-14+/t25?,26-,27+,28?,29-/m1/s1. The maximum absolute atomic E-state index is 10.0. The van der Waals surface area contributed by atoms with Crippen LogP contribution in [0.3, 0.4) is 0 Å². The molecule has 1 saturated heterocycles. The van der Waals surface area contributed by atoms with E-state index in [9.17, 15) is 20.4 Å². The van der Waals surface area contributed by atoms with Crippen molar-refractivity contribution in [1.29, 1.82) is 0 Å². The van der Waals surface area contributed by atoms with Crippen LogP contribution in [0.5, 0.6) is 0 Å². The normalized spacial score (nSPS) is 25.1. The first-order valence-corrected chi connectivity index (χ1v) is 12.5. The summed E-state index contributed by atoms with van der Waals surface area (Å²) >= 11 is 0. The SMILES string of the molecule is CC(C)c1cccc(C(C)C)c1/C=C/c1ccc(CCCO[C@@H]2OC(CO)[C@@H](O)[C@H](O)C2O)cc1. The second-order valence-corrected chi connectivity index (χ2v) is 9.91. The van der Waals surface area contributed by atoms with Crippen LogP contribution in [0, 0.1) is 0 Å². The van der Waals surface area contributed by atoms with Crippen molar-refractivity contribution in [3.05, 3.63) is 70.3 Å². The minimum atomic E-state index is -1.42. The van der Waals surface area contributed by atoms with Crippen LogP contribution >= 0.6 is 0 Å². The van der Waals surface area contributed by atoms with Crippen LogP contribution in [0.1, 0.15) is 73.8 Å². The molecule has 0 bridgehead atoms. The number of aryl methyl sites for hydroxylation is 1. The molecule has 5 atom stereocenters. The Hall–Kier alpha value is -2.06. The van der Waals surface area contributed by atoms with Gasteiger partial charge in [0.1, 0.15) is 24.4 Å². The Labute approximate surface area is 208 Å². The third kappa shape index (κ3) is 7.00. The average molecular weight is 485 g/mol. The first-order valence-electron chi connectivity index (χ1n) is 12.5. The van der Waals surface area contributed by atoms with Gasteiger partial charge in [-0.2, -0.15) is 0 Å². The average Bonchev–Trinajstić information content (AvgIpc) is 2.85. The fourth-order valence-corrected chi connectivity index (χ4v) is 4.46. The lowest BCUT2D eigenvalue weighted by Gasteiger charge is -2.39. The van der Waals surface area contributed by atoms with Crippen LogP contribution < -0.4 is 0 Å². The van der Waals surface area contributed by atoms with Crippen molar-refractivity contribution < 1.29 is 29.9 Å². The lowest BCUT2D eigenvalue weighted by Crippen LogP contribution is -2.59. The van der Waals surface area contributed by atoms with Gasteiger partial charge in [0, 0.05) is 0 Å². The van der Waals surface area contributed by atoms with Crippen molar-refractivity contribution in [3.63, 3.8) is 0 Å². The van der Waals surface area contributed by atoms with E-state index < -0.39 is 37.3 Å². The number of aliphatic hydroxyl groups is 4. The number of benzene rings is 2. The van der Waals surface area contributed by atoms with E-state index in [1.807, 2.05) is 0 Å². The van der Waals surface area contributed by atoms with Gasteiger partial charge in [-0.1, -0.05) is 82.3 Å². The van der Waals surface area contributed by atoms with Crippen LogP contribution in [0.4, 0.5) is 0 Å². The number of ether oxygens (including phenoxy) is 2. The second-order valence-electron chi connectivity index (χ2n) is 9.91. The molecule has 0 aliphatic carbocycles. The highest BCUT2D eigenvalue weighted by Crippen LogP contribution is 2.29. The first kappa shape index (κ1) is 27.5. The molecule has 6 nitrogen and oxygen atoms in total. The van der Waals surface area contributed by atoms with Gasteiger partial charge in [-0.3, -0.25) is 0 Å². The van der Waals surface area contributed by atoms with Crippen molar-refractivity contribution in [1.82, 2.24) is 0 Å². The monoisotopic (exact) mass is 484 g/mol. The maximum atomic E-state index is 10.0. The summed E-state index contributed by atoms with van der Waals surface area (Å²) in [6, 6.07) is 15.0. The van der Waals surface area contributed by atoms with Gasteiger partial charge in [0.2, 0.25) is 0 Å². The molecule has 0 radical (unpaired) electrons. The predicted octanol–water partition coefficient (Wildman–Crippen LogP) is 3.85. The molecular weight excluding hydrogens is 444 g/mol. The molecule has 192 valence electrons. The predicted molar refractivity (Wildman–Crippen MR) is 138 cm³/mol. The van der Waals surface area contributed by atoms with E-state index in [0.29, 0.717) is 24.9 Å². The maximum Gasteiger partial charge on any atom is 0.186 e. The van der Waals surface area contributed by atoms with Crippen molar-refractivity contribution in [2.75, 3.05) is 13.2 Å². The molecule has 2 unspecified atom stereocenters. The van der Waals surface area contributed by atoms with E-state index in [4.69, 9.17) is 9.47 Å². The van der Waals surface area contributed by atoms with Crippen molar-refractivity contribution in [2.24, 2.45) is 0 Å². The number of aliphatic hydroxyl groups excluding tert-OH is 4. The third-order valence-corrected chi connectivity index (χ3v) is 6.58. The fourth-order valence-electron chi connectivity index (χ4n) is 4.46. The quantitative estimate of drug-likeness (QED) is 0.302. The van der Waals surface area contributed by atoms with Gasteiger partial charge in [0.25, 0.3) is 0 Å². The molecular formula is C29H40O6. The molecule has 0 spiro atoms. The van der Waals surface area contributed by atoms with Crippen LogP contribution in [0.15, 0.2) is 42.5 Å². The van der Waals surface area contributed by atoms with E-state index in [0.717, 1.165) is 12.0 Å². The lowest BCUT2D eigenvalue weighted by atomic mass is 9.88. The zero-order valence-corrected chi connectivity index (χ0v) is 21.2. The molecule has 0 saturated carbocycles. The van der Waals surface area contributed by atoms with E-state index in [1.165, 1.54) is 22.3 Å². The number of hydrogen-bond donors (Lipinski definition) is 4. The first-order chi connectivity index (χ1) is 16.7. The summed E-state index contributed by atoms with van der Waals surface area (Å²) in [5, 5.41) is 39.0. The van der Waals surface area contributed by atoms with Crippen LogP contribution in [-0.4, -0.2) is 64.3 Å². The highest BCUT2D eigenvalue weighted by molar-refractivity contribution is 5.73. The van der Waals surface area contributed by atoms with Gasteiger partial charge in [-0.25, -0.2) is 0 Å². The van der Waals surface area contributed by atoms with Gasteiger partial charge in [-0.05, 0) is 52.5 Å². The molecule has 0 aromatic heterocycles. The van der Waals surface area contributed by atoms with E-state index in [2.05, 4.69) is 82.3 Å². The van der Waals surface area contributed by atoms with Crippen LogP contribution in [0.2, 0.25) is 0 Å².